The maximum atomic E-state index is 12.0. The van der Waals surface area contributed by atoms with Gasteiger partial charge in [0, 0.05) is 12.4 Å². The van der Waals surface area contributed by atoms with Crippen molar-refractivity contribution in [1.82, 2.24) is 19.6 Å². The number of amides is 1. The normalized spacial score (nSPS) is 10.6. The van der Waals surface area contributed by atoms with Gasteiger partial charge in [-0.15, -0.1) is 0 Å². The van der Waals surface area contributed by atoms with E-state index in [0.717, 1.165) is 15.8 Å². The summed E-state index contributed by atoms with van der Waals surface area (Å²) in [5, 5.41) is 11.1. The van der Waals surface area contributed by atoms with Crippen LogP contribution in [-0.2, 0) is 17.9 Å². The second kappa shape index (κ2) is 7.31. The Morgan fingerprint density at radius 1 is 1.25 bits per heavy atom. The number of hydrogen-bond donors (Lipinski definition) is 1. The molecule has 1 N–H and O–H groups in total. The Balaban J connectivity index is 1.59. The van der Waals surface area contributed by atoms with Crippen LogP contribution in [0.5, 0.6) is 5.75 Å². The first-order chi connectivity index (χ1) is 11.6. The van der Waals surface area contributed by atoms with Crippen LogP contribution in [0.4, 0.5) is 5.69 Å². The molecule has 3 rings (SSSR count). The summed E-state index contributed by atoms with van der Waals surface area (Å²) in [4.78, 5) is 12.0. The van der Waals surface area contributed by atoms with E-state index >= 15 is 0 Å². The maximum Gasteiger partial charge on any atom is 0.246 e. The third-order valence-corrected chi connectivity index (χ3v) is 3.71. The van der Waals surface area contributed by atoms with Gasteiger partial charge in [-0.05, 0) is 33.6 Å². The zero-order chi connectivity index (χ0) is 16.9. The van der Waals surface area contributed by atoms with Crippen LogP contribution >= 0.6 is 15.9 Å². The number of hydrogen-bond acceptors (Lipinski definition) is 4. The zero-order valence-corrected chi connectivity index (χ0v) is 14.6. The molecule has 1 aromatic carbocycles. The highest BCUT2D eigenvalue weighted by Gasteiger charge is 2.07. The molecule has 0 aliphatic heterocycles. The van der Waals surface area contributed by atoms with Crippen molar-refractivity contribution >= 4 is 27.5 Å². The molecule has 2 heterocycles. The Bertz CT molecular complexity index is 842. The van der Waals surface area contributed by atoms with Gasteiger partial charge in [0.15, 0.2) is 0 Å². The summed E-state index contributed by atoms with van der Waals surface area (Å²) >= 11 is 3.30. The lowest BCUT2D eigenvalue weighted by Crippen LogP contribution is -2.18. The monoisotopic (exact) mass is 389 g/mol. The third kappa shape index (κ3) is 4.23. The Hall–Kier alpha value is -2.61. The number of ether oxygens (including phenoxy) is 1. The van der Waals surface area contributed by atoms with Gasteiger partial charge in [-0.25, -0.2) is 0 Å². The zero-order valence-electron chi connectivity index (χ0n) is 13.0. The average molecular weight is 390 g/mol. The lowest BCUT2D eigenvalue weighted by atomic mass is 10.2. The average Bonchev–Trinajstić information content (AvgIpc) is 3.16. The molecule has 0 spiro atoms. The fourth-order valence-electron chi connectivity index (χ4n) is 2.24. The lowest BCUT2D eigenvalue weighted by Gasteiger charge is -2.05. The van der Waals surface area contributed by atoms with E-state index in [-0.39, 0.29) is 12.5 Å². The van der Waals surface area contributed by atoms with E-state index in [1.165, 1.54) is 0 Å². The van der Waals surface area contributed by atoms with Crippen LogP contribution in [-0.4, -0.2) is 32.6 Å². The molecule has 0 aliphatic rings. The van der Waals surface area contributed by atoms with Crippen molar-refractivity contribution in [3.63, 3.8) is 0 Å². The molecule has 0 radical (unpaired) electrons. The number of nitrogens with zero attached hydrogens (tertiary/aromatic N) is 4. The molecule has 1 amide bonds. The number of carbonyl (C=O) groups is 1. The fourth-order valence-corrected chi connectivity index (χ4v) is 2.57. The third-order valence-electron chi connectivity index (χ3n) is 3.30. The maximum absolute atomic E-state index is 12.0. The summed E-state index contributed by atoms with van der Waals surface area (Å²) in [6.45, 7) is 0.742. The minimum atomic E-state index is -0.161. The van der Waals surface area contributed by atoms with Crippen molar-refractivity contribution < 1.29 is 9.53 Å². The Morgan fingerprint density at radius 3 is 2.83 bits per heavy atom. The highest BCUT2D eigenvalue weighted by Crippen LogP contribution is 2.14. The van der Waals surface area contributed by atoms with Crippen LogP contribution in [0.15, 0.2) is 53.5 Å². The first-order valence-corrected chi connectivity index (χ1v) is 8.05. The standard InChI is InChI=1S/C16H16BrN5O2/c1-24-15-4-2-3-12(5-15)8-21-10-14(7-19-21)20-16(23)11-22-9-13(17)6-18-22/h2-7,9-10H,8,11H2,1H3,(H,20,23). The van der Waals surface area contributed by atoms with Crippen LogP contribution in [0.1, 0.15) is 5.56 Å². The molecular weight excluding hydrogens is 374 g/mol. The number of rotatable bonds is 6. The van der Waals surface area contributed by atoms with Crippen LogP contribution in [0, 0.1) is 0 Å². The largest absolute Gasteiger partial charge is 0.497 e. The van der Waals surface area contributed by atoms with Crippen molar-refractivity contribution in [2.75, 3.05) is 12.4 Å². The van der Waals surface area contributed by atoms with Crippen molar-refractivity contribution in [2.45, 2.75) is 13.1 Å². The molecule has 2 aromatic heterocycles. The van der Waals surface area contributed by atoms with Gasteiger partial charge < -0.3 is 10.1 Å². The first-order valence-electron chi connectivity index (χ1n) is 7.25. The van der Waals surface area contributed by atoms with Crippen molar-refractivity contribution in [1.29, 1.82) is 0 Å². The number of carbonyl (C=O) groups excluding carboxylic acids is 1. The quantitative estimate of drug-likeness (QED) is 0.702. The van der Waals surface area contributed by atoms with Crippen LogP contribution in [0.3, 0.4) is 0 Å². The van der Waals surface area contributed by atoms with Crippen molar-refractivity contribution in [2.24, 2.45) is 0 Å². The van der Waals surface area contributed by atoms with E-state index in [1.807, 2.05) is 24.3 Å². The SMILES string of the molecule is COc1cccc(Cn2cc(NC(=O)Cn3cc(Br)cn3)cn2)c1. The van der Waals surface area contributed by atoms with E-state index in [1.54, 1.807) is 41.3 Å². The molecule has 3 aromatic rings. The predicted octanol–water partition coefficient (Wildman–Crippen LogP) is 2.54. The highest BCUT2D eigenvalue weighted by molar-refractivity contribution is 9.10. The molecule has 0 bridgehead atoms. The summed E-state index contributed by atoms with van der Waals surface area (Å²) in [7, 11) is 1.64. The van der Waals surface area contributed by atoms with Crippen molar-refractivity contribution in [3.05, 3.63) is 59.1 Å². The molecule has 8 heteroatoms. The summed E-state index contributed by atoms with van der Waals surface area (Å²) in [5.41, 5.74) is 1.71. The molecule has 124 valence electrons. The second-order valence-corrected chi connectivity index (χ2v) is 6.10. The second-order valence-electron chi connectivity index (χ2n) is 5.18. The first kappa shape index (κ1) is 16.3. The molecule has 0 saturated heterocycles. The van der Waals surface area contributed by atoms with E-state index in [4.69, 9.17) is 4.74 Å². The van der Waals surface area contributed by atoms with E-state index < -0.39 is 0 Å². The molecule has 0 unspecified atom stereocenters. The van der Waals surface area contributed by atoms with E-state index in [2.05, 4.69) is 31.4 Å². The smallest absolute Gasteiger partial charge is 0.246 e. The summed E-state index contributed by atoms with van der Waals surface area (Å²) in [6.07, 6.45) is 6.79. The van der Waals surface area contributed by atoms with Gasteiger partial charge in [-0.3, -0.25) is 14.2 Å². The molecule has 24 heavy (non-hydrogen) atoms. The Morgan fingerprint density at radius 2 is 2.08 bits per heavy atom. The summed E-state index contributed by atoms with van der Waals surface area (Å²) in [6, 6.07) is 7.78. The molecule has 0 aliphatic carbocycles. The molecule has 0 atom stereocenters. The molecule has 0 saturated carbocycles. The number of aromatic nitrogens is 4. The predicted molar refractivity (Wildman–Crippen MR) is 92.9 cm³/mol. The van der Waals surface area contributed by atoms with Gasteiger partial charge >= 0.3 is 0 Å². The molecule has 7 nitrogen and oxygen atoms in total. The van der Waals surface area contributed by atoms with Gasteiger partial charge in [0.05, 0.1) is 36.2 Å². The number of methoxy groups -OCH3 is 1. The number of benzene rings is 1. The lowest BCUT2D eigenvalue weighted by molar-refractivity contribution is -0.116. The fraction of sp³-hybridized carbons (Fsp3) is 0.188. The van der Waals surface area contributed by atoms with E-state index in [9.17, 15) is 4.79 Å². The number of halogens is 1. The van der Waals surface area contributed by atoms with Gasteiger partial charge in [0.1, 0.15) is 12.3 Å². The highest BCUT2D eigenvalue weighted by atomic mass is 79.9. The molecule has 0 fully saturated rings. The topological polar surface area (TPSA) is 74.0 Å². The minimum absolute atomic E-state index is 0.146. The van der Waals surface area contributed by atoms with Crippen LogP contribution < -0.4 is 10.1 Å². The van der Waals surface area contributed by atoms with Gasteiger partial charge in [-0.2, -0.15) is 10.2 Å². The van der Waals surface area contributed by atoms with E-state index in [0.29, 0.717) is 12.2 Å². The number of nitrogens with one attached hydrogen (secondary N) is 1. The minimum Gasteiger partial charge on any atom is -0.497 e. The van der Waals surface area contributed by atoms with Crippen LogP contribution in [0.25, 0.3) is 0 Å². The van der Waals surface area contributed by atoms with Gasteiger partial charge in [0.25, 0.3) is 0 Å². The summed E-state index contributed by atoms with van der Waals surface area (Å²) in [5.74, 6) is 0.644. The van der Waals surface area contributed by atoms with Crippen molar-refractivity contribution in [3.8, 4) is 5.75 Å². The number of anilines is 1. The van der Waals surface area contributed by atoms with Crippen LogP contribution in [0.2, 0.25) is 0 Å². The Kier molecular flexibility index (Phi) is 4.95. The van der Waals surface area contributed by atoms with Gasteiger partial charge in [-0.1, -0.05) is 12.1 Å². The summed E-state index contributed by atoms with van der Waals surface area (Å²) < 4.78 is 9.36. The molecular formula is C16H16BrN5O2. The Labute approximate surface area is 147 Å². The van der Waals surface area contributed by atoms with Gasteiger partial charge in [0.2, 0.25) is 5.91 Å².